The number of nitrogens with zero attached hydrogens (tertiary/aromatic N) is 5. The van der Waals surface area contributed by atoms with Crippen LogP contribution >= 0.6 is 0 Å². The fourth-order valence-corrected chi connectivity index (χ4v) is 5.38. The van der Waals surface area contributed by atoms with Gasteiger partial charge >= 0.3 is 0 Å². The lowest BCUT2D eigenvalue weighted by Gasteiger charge is -2.45. The first-order valence-corrected chi connectivity index (χ1v) is 11.7. The minimum Gasteiger partial charge on any atom is -0.480 e. The van der Waals surface area contributed by atoms with E-state index in [1.54, 1.807) is 13.3 Å². The average Bonchev–Trinajstić information content (AvgIpc) is 3.52. The number of rotatable bonds is 5. The van der Waals surface area contributed by atoms with Gasteiger partial charge in [0.05, 0.1) is 29.6 Å². The summed E-state index contributed by atoms with van der Waals surface area (Å²) in [6.45, 7) is 3.86. The largest absolute Gasteiger partial charge is 0.480 e. The fourth-order valence-electron chi connectivity index (χ4n) is 5.38. The van der Waals surface area contributed by atoms with E-state index >= 15 is 0 Å². The number of nitrogens with one attached hydrogen (secondary N) is 2. The topological polar surface area (TPSA) is 109 Å². The van der Waals surface area contributed by atoms with E-state index in [2.05, 4.69) is 38.5 Å². The monoisotopic (exact) mass is 457 g/mol. The van der Waals surface area contributed by atoms with Gasteiger partial charge in [0.15, 0.2) is 0 Å². The third kappa shape index (κ3) is 3.43. The van der Waals surface area contributed by atoms with Gasteiger partial charge in [0.1, 0.15) is 5.65 Å². The Labute approximate surface area is 196 Å². The number of hydrogen-bond acceptors (Lipinski definition) is 7. The summed E-state index contributed by atoms with van der Waals surface area (Å²) in [7, 11) is 1.62. The van der Waals surface area contributed by atoms with Crippen molar-refractivity contribution in [3.05, 3.63) is 36.7 Å². The number of carbonyl (C=O) groups excluding carboxylic acids is 1. The van der Waals surface area contributed by atoms with Gasteiger partial charge in [-0.25, -0.2) is 0 Å². The lowest BCUT2D eigenvalue weighted by molar-refractivity contribution is -0.145. The first-order valence-electron chi connectivity index (χ1n) is 11.7. The van der Waals surface area contributed by atoms with Crippen molar-refractivity contribution in [3.63, 3.8) is 0 Å². The quantitative estimate of drug-likeness (QED) is 0.469. The second kappa shape index (κ2) is 7.93. The van der Waals surface area contributed by atoms with Crippen molar-refractivity contribution < 1.29 is 9.53 Å². The molecular formula is C25H27N7O2. The second-order valence-electron chi connectivity index (χ2n) is 9.60. The standard InChI is InChI=1S/C25H27N7O2/c1-25(23(33)32-9-3-4-10-32)12-17(13-25)28-24-29-21-20(22(30-24)34-2)18(14-26-21)15-5-6-19-16(11-15)7-8-27-31-19/h5-8,11,14,17H,3-4,9-10,12-13H2,1-2H3,(H2,26,28,29,30)/t17-,25+. The molecule has 9 heteroatoms. The number of carbonyl (C=O) groups is 1. The Bertz CT molecular complexity index is 1390. The predicted octanol–water partition coefficient (Wildman–Crippen LogP) is 3.78. The molecule has 1 saturated carbocycles. The van der Waals surface area contributed by atoms with Crippen molar-refractivity contribution in [3.8, 4) is 17.0 Å². The van der Waals surface area contributed by atoms with Crippen LogP contribution in [0, 0.1) is 5.41 Å². The summed E-state index contributed by atoms with van der Waals surface area (Å²) >= 11 is 0. The Morgan fingerprint density at radius 3 is 2.82 bits per heavy atom. The fraction of sp³-hybridized carbons (Fsp3) is 0.400. The van der Waals surface area contributed by atoms with E-state index in [1.165, 1.54) is 0 Å². The normalized spacial score (nSPS) is 22.2. The lowest BCUT2D eigenvalue weighted by Crippen LogP contribution is -2.53. The summed E-state index contributed by atoms with van der Waals surface area (Å²) < 4.78 is 5.66. The van der Waals surface area contributed by atoms with Gasteiger partial charge in [-0.05, 0) is 49.4 Å². The van der Waals surface area contributed by atoms with E-state index in [-0.39, 0.29) is 17.4 Å². The summed E-state index contributed by atoms with van der Waals surface area (Å²) in [6, 6.07) is 8.14. The highest BCUT2D eigenvalue weighted by atomic mass is 16.5. The smallest absolute Gasteiger partial charge is 0.228 e. The average molecular weight is 458 g/mol. The van der Waals surface area contributed by atoms with Crippen molar-refractivity contribution in [1.82, 2.24) is 30.0 Å². The zero-order valence-corrected chi connectivity index (χ0v) is 19.3. The minimum atomic E-state index is -0.295. The van der Waals surface area contributed by atoms with E-state index < -0.39 is 0 Å². The van der Waals surface area contributed by atoms with Gasteiger partial charge in [-0.1, -0.05) is 13.0 Å². The molecule has 1 amide bonds. The number of ether oxygens (including phenoxy) is 1. The van der Waals surface area contributed by atoms with Crippen molar-refractivity contribution in [2.45, 2.75) is 38.6 Å². The van der Waals surface area contributed by atoms with E-state index in [0.29, 0.717) is 17.5 Å². The molecule has 0 bridgehead atoms. The molecular weight excluding hydrogens is 430 g/mol. The molecule has 1 aromatic carbocycles. The van der Waals surface area contributed by atoms with Crippen molar-refractivity contribution in [2.75, 3.05) is 25.5 Å². The van der Waals surface area contributed by atoms with Gasteiger partial charge in [-0.15, -0.1) is 0 Å². The zero-order valence-electron chi connectivity index (χ0n) is 19.3. The van der Waals surface area contributed by atoms with E-state index in [9.17, 15) is 4.79 Å². The molecule has 0 unspecified atom stereocenters. The second-order valence-corrected chi connectivity index (χ2v) is 9.60. The number of H-pyrrole nitrogens is 1. The third-order valence-electron chi connectivity index (χ3n) is 7.15. The summed E-state index contributed by atoms with van der Waals surface area (Å²) in [6.07, 6.45) is 7.40. The Kier molecular flexibility index (Phi) is 4.86. The number of aromatic nitrogens is 5. The Morgan fingerprint density at radius 2 is 2.03 bits per heavy atom. The van der Waals surface area contributed by atoms with Crippen molar-refractivity contribution in [2.24, 2.45) is 5.41 Å². The van der Waals surface area contributed by atoms with Crippen LogP contribution in [0.25, 0.3) is 33.1 Å². The van der Waals surface area contributed by atoms with Crippen LogP contribution in [0.15, 0.2) is 36.7 Å². The number of methoxy groups -OCH3 is 1. The molecule has 9 nitrogen and oxygen atoms in total. The van der Waals surface area contributed by atoms with Gasteiger partial charge in [0.25, 0.3) is 0 Å². The summed E-state index contributed by atoms with van der Waals surface area (Å²) in [5, 5.41) is 13.4. The Balaban J connectivity index is 1.25. The van der Waals surface area contributed by atoms with E-state index in [0.717, 1.165) is 66.2 Å². The van der Waals surface area contributed by atoms with Crippen molar-refractivity contribution in [1.29, 1.82) is 0 Å². The number of benzene rings is 1. The Morgan fingerprint density at radius 1 is 1.21 bits per heavy atom. The molecule has 4 aromatic rings. The minimum absolute atomic E-state index is 0.162. The maximum atomic E-state index is 12.9. The molecule has 1 saturated heterocycles. The molecule has 34 heavy (non-hydrogen) atoms. The van der Waals surface area contributed by atoms with Crippen LogP contribution in [-0.2, 0) is 4.79 Å². The number of likely N-dealkylation sites (tertiary alicyclic amines) is 1. The molecule has 0 spiro atoms. The molecule has 2 fully saturated rings. The van der Waals surface area contributed by atoms with Crippen LogP contribution in [-0.4, -0.2) is 62.2 Å². The van der Waals surface area contributed by atoms with Crippen LogP contribution in [0.2, 0.25) is 0 Å². The van der Waals surface area contributed by atoms with E-state index in [4.69, 9.17) is 9.72 Å². The van der Waals surface area contributed by atoms with Gasteiger partial charge in [0.2, 0.25) is 17.7 Å². The first kappa shape index (κ1) is 20.8. The number of aromatic amines is 1. The highest BCUT2D eigenvalue weighted by molar-refractivity contribution is 5.99. The maximum Gasteiger partial charge on any atom is 0.228 e. The van der Waals surface area contributed by atoms with E-state index in [1.807, 2.05) is 29.3 Å². The molecule has 1 aliphatic heterocycles. The Hall–Kier alpha value is -3.75. The molecule has 174 valence electrons. The summed E-state index contributed by atoms with van der Waals surface area (Å²) in [5.74, 6) is 1.30. The molecule has 3 aromatic heterocycles. The highest BCUT2D eigenvalue weighted by Crippen LogP contribution is 2.44. The van der Waals surface area contributed by atoms with Crippen LogP contribution in [0.4, 0.5) is 5.95 Å². The number of hydrogen-bond donors (Lipinski definition) is 2. The maximum absolute atomic E-state index is 12.9. The number of fused-ring (bicyclic) bond motifs is 2. The SMILES string of the molecule is COc1nc(N[C@H]2C[C@@](C)(C(=O)N3CCCC3)C2)nc2[nH]cc(-c3ccc4nnccc4c3)c12. The van der Waals surface area contributed by atoms with Gasteiger partial charge in [-0.3, -0.25) is 4.79 Å². The molecule has 2 aliphatic rings. The van der Waals surface area contributed by atoms with Crippen LogP contribution in [0.1, 0.15) is 32.6 Å². The predicted molar refractivity (Wildman–Crippen MR) is 130 cm³/mol. The van der Waals surface area contributed by atoms with Crippen LogP contribution < -0.4 is 10.1 Å². The number of amides is 1. The summed E-state index contributed by atoms with van der Waals surface area (Å²) in [4.78, 5) is 27.5. The molecule has 4 heterocycles. The lowest BCUT2D eigenvalue weighted by atomic mass is 9.66. The molecule has 6 rings (SSSR count). The highest BCUT2D eigenvalue weighted by Gasteiger charge is 2.48. The van der Waals surface area contributed by atoms with Gasteiger partial charge in [-0.2, -0.15) is 20.2 Å². The first-order chi connectivity index (χ1) is 16.5. The van der Waals surface area contributed by atoms with Crippen molar-refractivity contribution >= 4 is 33.8 Å². The van der Waals surface area contributed by atoms with Gasteiger partial charge in [0, 0.05) is 36.3 Å². The molecule has 0 atom stereocenters. The molecule has 1 aliphatic carbocycles. The summed E-state index contributed by atoms with van der Waals surface area (Å²) in [5.41, 5.74) is 3.23. The third-order valence-corrected chi connectivity index (χ3v) is 7.15. The number of anilines is 1. The molecule has 2 N–H and O–H groups in total. The van der Waals surface area contributed by atoms with Gasteiger partial charge < -0.3 is 19.9 Å². The van der Waals surface area contributed by atoms with Crippen LogP contribution in [0.3, 0.4) is 0 Å². The van der Waals surface area contributed by atoms with Crippen LogP contribution in [0.5, 0.6) is 5.88 Å². The molecule has 0 radical (unpaired) electrons. The zero-order chi connectivity index (χ0) is 23.3.